The van der Waals surface area contributed by atoms with Gasteiger partial charge in [0.15, 0.2) is 0 Å². The Morgan fingerprint density at radius 3 is 2.57 bits per heavy atom. The van der Waals surface area contributed by atoms with Gasteiger partial charge in [0.2, 0.25) is 0 Å². The van der Waals surface area contributed by atoms with Crippen molar-refractivity contribution in [3.8, 4) is 0 Å². The number of anilines is 1. The predicted molar refractivity (Wildman–Crippen MR) is 68.6 cm³/mol. The number of thioether (sulfide) groups is 1. The second-order valence-corrected chi connectivity index (χ2v) is 4.43. The molecule has 0 fully saturated rings. The van der Waals surface area contributed by atoms with E-state index in [9.17, 15) is 0 Å². The van der Waals surface area contributed by atoms with Crippen LogP contribution in [0.2, 0.25) is 0 Å². The zero-order valence-corrected chi connectivity index (χ0v) is 9.78. The molecule has 0 amide bonds. The quantitative estimate of drug-likeness (QED) is 0.515. The van der Waals surface area contributed by atoms with Gasteiger partial charge in [0.25, 0.3) is 0 Å². The smallest absolute Gasteiger partial charge is 0.0341 e. The average molecular weight is 228 g/mol. The van der Waals surface area contributed by atoms with Crippen molar-refractivity contribution in [1.82, 2.24) is 0 Å². The molecule has 0 aliphatic carbocycles. The standard InChI is InChI=1S/C10H16N2S2/c11-5-8-14-10-3-1-9(2-4-10)12-6-7-13/h1-4,12-13H,5-8,11H2. The number of rotatable bonds is 6. The predicted octanol–water partition coefficient (Wildman–Crippen LogP) is 2.08. The summed E-state index contributed by atoms with van der Waals surface area (Å²) in [4.78, 5) is 1.27. The molecule has 14 heavy (non-hydrogen) atoms. The summed E-state index contributed by atoms with van der Waals surface area (Å²) < 4.78 is 0. The first kappa shape index (κ1) is 11.8. The SMILES string of the molecule is NCCSc1ccc(NCCS)cc1. The minimum Gasteiger partial charge on any atom is -0.384 e. The lowest BCUT2D eigenvalue weighted by Gasteiger charge is -2.05. The van der Waals surface area contributed by atoms with E-state index in [1.165, 1.54) is 4.90 Å². The topological polar surface area (TPSA) is 38.0 Å². The van der Waals surface area contributed by atoms with Crippen LogP contribution >= 0.6 is 24.4 Å². The van der Waals surface area contributed by atoms with Crippen molar-refractivity contribution in [3.63, 3.8) is 0 Å². The van der Waals surface area contributed by atoms with Crippen molar-refractivity contribution in [2.75, 3.05) is 29.9 Å². The van der Waals surface area contributed by atoms with E-state index in [0.29, 0.717) is 0 Å². The van der Waals surface area contributed by atoms with E-state index < -0.39 is 0 Å². The van der Waals surface area contributed by atoms with Gasteiger partial charge in [-0.25, -0.2) is 0 Å². The average Bonchev–Trinajstić information content (AvgIpc) is 2.25. The maximum absolute atomic E-state index is 5.43. The van der Waals surface area contributed by atoms with Crippen LogP contribution in [-0.2, 0) is 0 Å². The van der Waals surface area contributed by atoms with Gasteiger partial charge in [0, 0.05) is 35.2 Å². The van der Waals surface area contributed by atoms with Gasteiger partial charge in [-0.05, 0) is 24.3 Å². The van der Waals surface area contributed by atoms with Crippen molar-refractivity contribution >= 4 is 30.1 Å². The van der Waals surface area contributed by atoms with Gasteiger partial charge in [0.05, 0.1) is 0 Å². The van der Waals surface area contributed by atoms with E-state index >= 15 is 0 Å². The molecule has 0 bridgehead atoms. The maximum atomic E-state index is 5.43. The molecule has 0 unspecified atom stereocenters. The molecule has 1 rings (SSSR count). The number of thiol groups is 1. The van der Waals surface area contributed by atoms with E-state index in [1.54, 1.807) is 11.8 Å². The Balaban J connectivity index is 2.42. The molecule has 2 nitrogen and oxygen atoms in total. The number of benzene rings is 1. The minimum atomic E-state index is 0.727. The Labute approximate surface area is 95.1 Å². The van der Waals surface area contributed by atoms with Crippen LogP contribution in [0.5, 0.6) is 0 Å². The van der Waals surface area contributed by atoms with E-state index in [-0.39, 0.29) is 0 Å². The summed E-state index contributed by atoms with van der Waals surface area (Å²) in [5.74, 6) is 1.83. The molecule has 4 heteroatoms. The zero-order chi connectivity index (χ0) is 10.2. The molecule has 0 atom stereocenters. The normalized spacial score (nSPS) is 10.1. The van der Waals surface area contributed by atoms with Crippen molar-refractivity contribution < 1.29 is 0 Å². The van der Waals surface area contributed by atoms with Crippen LogP contribution in [0.15, 0.2) is 29.2 Å². The monoisotopic (exact) mass is 228 g/mol. The molecule has 0 radical (unpaired) electrons. The van der Waals surface area contributed by atoms with Crippen molar-refractivity contribution in [3.05, 3.63) is 24.3 Å². The van der Waals surface area contributed by atoms with E-state index in [0.717, 1.165) is 30.3 Å². The third-order valence-electron chi connectivity index (χ3n) is 1.68. The molecule has 0 saturated heterocycles. The van der Waals surface area contributed by atoms with Crippen molar-refractivity contribution in [2.45, 2.75) is 4.90 Å². The van der Waals surface area contributed by atoms with Crippen LogP contribution in [0.4, 0.5) is 5.69 Å². The molecule has 78 valence electrons. The number of nitrogens with two attached hydrogens (primary N) is 1. The summed E-state index contributed by atoms with van der Waals surface area (Å²) in [6.07, 6.45) is 0. The first-order chi connectivity index (χ1) is 6.86. The molecule has 1 aromatic carbocycles. The lowest BCUT2D eigenvalue weighted by atomic mass is 10.3. The Bertz CT molecular complexity index is 222. The highest BCUT2D eigenvalue weighted by Crippen LogP contribution is 2.19. The van der Waals surface area contributed by atoms with Crippen LogP contribution in [0.3, 0.4) is 0 Å². The third kappa shape index (κ3) is 4.26. The van der Waals surface area contributed by atoms with Gasteiger partial charge in [-0.15, -0.1) is 11.8 Å². The van der Waals surface area contributed by atoms with E-state index in [2.05, 4.69) is 42.2 Å². The fourth-order valence-electron chi connectivity index (χ4n) is 1.05. The molecule has 0 aliphatic rings. The lowest BCUT2D eigenvalue weighted by Crippen LogP contribution is -2.02. The van der Waals surface area contributed by atoms with Crippen molar-refractivity contribution in [2.24, 2.45) is 5.73 Å². The van der Waals surface area contributed by atoms with Crippen LogP contribution < -0.4 is 11.1 Å². The van der Waals surface area contributed by atoms with E-state index in [4.69, 9.17) is 5.73 Å². The summed E-state index contributed by atoms with van der Waals surface area (Å²) >= 11 is 5.92. The Morgan fingerprint density at radius 2 is 2.00 bits per heavy atom. The summed E-state index contributed by atoms with van der Waals surface area (Å²) in [5, 5.41) is 3.27. The molecule has 3 N–H and O–H groups in total. The summed E-state index contributed by atoms with van der Waals surface area (Å²) in [7, 11) is 0. The largest absolute Gasteiger partial charge is 0.384 e. The first-order valence-corrected chi connectivity index (χ1v) is 6.26. The molecular formula is C10H16N2S2. The molecular weight excluding hydrogens is 212 g/mol. The van der Waals surface area contributed by atoms with Gasteiger partial charge < -0.3 is 11.1 Å². The lowest BCUT2D eigenvalue weighted by molar-refractivity contribution is 1.15. The zero-order valence-electron chi connectivity index (χ0n) is 8.07. The van der Waals surface area contributed by atoms with Crippen LogP contribution in [-0.4, -0.2) is 24.6 Å². The summed E-state index contributed by atoms with van der Waals surface area (Å²) in [6, 6.07) is 8.40. The molecule has 0 aliphatic heterocycles. The van der Waals surface area contributed by atoms with Gasteiger partial charge in [0.1, 0.15) is 0 Å². The first-order valence-electron chi connectivity index (χ1n) is 4.64. The number of hydrogen-bond donors (Lipinski definition) is 3. The second kappa shape index (κ2) is 7.04. The fraction of sp³-hybridized carbons (Fsp3) is 0.400. The van der Waals surface area contributed by atoms with Crippen LogP contribution in [0, 0.1) is 0 Å². The number of hydrogen-bond acceptors (Lipinski definition) is 4. The van der Waals surface area contributed by atoms with Crippen LogP contribution in [0.25, 0.3) is 0 Å². The molecule has 0 aromatic heterocycles. The summed E-state index contributed by atoms with van der Waals surface area (Å²) in [5.41, 5.74) is 6.58. The molecule has 0 saturated carbocycles. The molecule has 0 heterocycles. The minimum absolute atomic E-state index is 0.727. The highest BCUT2D eigenvalue weighted by atomic mass is 32.2. The van der Waals surface area contributed by atoms with Gasteiger partial charge in [-0.3, -0.25) is 0 Å². The van der Waals surface area contributed by atoms with Crippen LogP contribution in [0.1, 0.15) is 0 Å². The molecule has 1 aromatic rings. The van der Waals surface area contributed by atoms with Crippen molar-refractivity contribution in [1.29, 1.82) is 0 Å². The fourth-order valence-corrected chi connectivity index (χ4v) is 1.84. The highest BCUT2D eigenvalue weighted by molar-refractivity contribution is 7.99. The third-order valence-corrected chi connectivity index (χ3v) is 2.95. The molecule has 0 spiro atoms. The summed E-state index contributed by atoms with van der Waals surface area (Å²) in [6.45, 7) is 1.63. The Morgan fingerprint density at radius 1 is 1.29 bits per heavy atom. The van der Waals surface area contributed by atoms with Gasteiger partial charge >= 0.3 is 0 Å². The van der Waals surface area contributed by atoms with Gasteiger partial charge in [-0.2, -0.15) is 12.6 Å². The van der Waals surface area contributed by atoms with E-state index in [1.807, 2.05) is 0 Å². The second-order valence-electron chi connectivity index (χ2n) is 2.81. The Kier molecular flexibility index (Phi) is 5.91. The highest BCUT2D eigenvalue weighted by Gasteiger charge is 1.93. The Hall–Kier alpha value is -0.320. The maximum Gasteiger partial charge on any atom is 0.0341 e. The van der Waals surface area contributed by atoms with Gasteiger partial charge in [-0.1, -0.05) is 0 Å². The number of nitrogens with one attached hydrogen (secondary N) is 1.